The van der Waals surface area contributed by atoms with Crippen molar-refractivity contribution in [3.8, 4) is 0 Å². The van der Waals surface area contributed by atoms with Gasteiger partial charge in [-0.3, -0.25) is 4.79 Å². The number of alkyl halides is 6. The summed E-state index contributed by atoms with van der Waals surface area (Å²) in [6, 6.07) is -3.35. The fourth-order valence-electron chi connectivity index (χ4n) is 0.286. The van der Waals surface area contributed by atoms with Crippen LogP contribution in [0.1, 0.15) is 0 Å². The van der Waals surface area contributed by atoms with E-state index < -0.39 is 24.3 Å². The molecule has 0 aliphatic heterocycles. The molecule has 1 unspecified atom stereocenters. The summed E-state index contributed by atoms with van der Waals surface area (Å²) in [7, 11) is 0. The molecule has 0 saturated carbocycles. The van der Waals surface area contributed by atoms with Gasteiger partial charge in [0.2, 0.25) is 0 Å². The third-order valence-corrected chi connectivity index (χ3v) is 0.896. The molecule has 0 aromatic rings. The van der Waals surface area contributed by atoms with Gasteiger partial charge in [0.1, 0.15) is 0 Å². The molecule has 12 heavy (non-hydrogen) atoms. The van der Waals surface area contributed by atoms with Gasteiger partial charge in [0, 0.05) is 0 Å². The number of carbonyl (C=O) groups is 1. The van der Waals surface area contributed by atoms with Crippen molar-refractivity contribution in [3.05, 3.63) is 0 Å². The number of rotatable bonds is 2. The van der Waals surface area contributed by atoms with Crippen LogP contribution in [0.25, 0.3) is 0 Å². The van der Waals surface area contributed by atoms with E-state index in [0.29, 0.717) is 0 Å². The molecule has 0 heterocycles. The van der Waals surface area contributed by atoms with Crippen LogP contribution in [0.3, 0.4) is 0 Å². The Bertz CT molecular complexity index is 182. The normalized spacial score (nSPS) is 15.9. The van der Waals surface area contributed by atoms with Crippen LogP contribution in [-0.4, -0.2) is 24.3 Å². The molecule has 8 heteroatoms. The van der Waals surface area contributed by atoms with Crippen LogP contribution < -0.4 is 0 Å². The van der Waals surface area contributed by atoms with E-state index in [2.05, 4.69) is 0 Å². The molecule has 0 fully saturated rings. The molecule has 0 aromatic heterocycles. The van der Waals surface area contributed by atoms with Crippen LogP contribution in [0.2, 0.25) is 0 Å². The van der Waals surface area contributed by atoms with Crippen molar-refractivity contribution in [1.29, 1.82) is 0 Å². The Morgan fingerprint density at radius 3 is 1.50 bits per heavy atom. The number of hydrogen-bond acceptors (Lipinski definition) is 1. The van der Waals surface area contributed by atoms with Crippen molar-refractivity contribution in [2.75, 3.05) is 0 Å². The molecule has 0 N–H and O–H groups in total. The van der Waals surface area contributed by atoms with Gasteiger partial charge in [-0.2, -0.15) is 26.3 Å². The highest BCUT2D eigenvalue weighted by atomic mass is 19.4. The molecular formula is C4HF7O. The summed E-state index contributed by atoms with van der Waals surface area (Å²) in [6.45, 7) is 0. The largest absolute Gasteiger partial charge is 0.457 e. The van der Waals surface area contributed by atoms with E-state index >= 15 is 0 Å². The average Bonchev–Trinajstić information content (AvgIpc) is 1.83. The van der Waals surface area contributed by atoms with Crippen molar-refractivity contribution in [2.45, 2.75) is 18.3 Å². The highest BCUT2D eigenvalue weighted by Crippen LogP contribution is 2.39. The van der Waals surface area contributed by atoms with Crippen molar-refractivity contribution in [2.24, 2.45) is 0 Å². The van der Waals surface area contributed by atoms with E-state index in [1.807, 2.05) is 0 Å². The second kappa shape index (κ2) is 2.91. The van der Waals surface area contributed by atoms with Gasteiger partial charge >= 0.3 is 18.1 Å². The van der Waals surface area contributed by atoms with Crippen LogP contribution in [-0.2, 0) is 4.79 Å². The minimum atomic E-state index is -6.27. The molecule has 0 radical (unpaired) electrons. The minimum absolute atomic E-state index is 3.35. The fourth-order valence-corrected chi connectivity index (χ4v) is 0.286. The van der Waals surface area contributed by atoms with Crippen LogP contribution in [0, 0.1) is 0 Å². The van der Waals surface area contributed by atoms with Crippen LogP contribution in [0.5, 0.6) is 0 Å². The van der Waals surface area contributed by atoms with Gasteiger partial charge in [-0.15, -0.1) is 0 Å². The SMILES string of the molecule is O=C(F)C(F)C(F)(F)C(F)(F)F. The van der Waals surface area contributed by atoms with Gasteiger partial charge in [-0.1, -0.05) is 0 Å². The van der Waals surface area contributed by atoms with Crippen LogP contribution >= 0.6 is 0 Å². The smallest absolute Gasteiger partial charge is 0.257 e. The third kappa shape index (κ3) is 1.86. The zero-order chi connectivity index (χ0) is 10.2. The van der Waals surface area contributed by atoms with E-state index in [4.69, 9.17) is 0 Å². The molecule has 1 atom stereocenters. The topological polar surface area (TPSA) is 17.1 Å². The predicted octanol–water partition coefficient (Wildman–Crippen LogP) is 2.02. The molecule has 0 aromatic carbocycles. The lowest BCUT2D eigenvalue weighted by atomic mass is 10.2. The molecule has 0 bridgehead atoms. The van der Waals surface area contributed by atoms with E-state index in [1.54, 1.807) is 0 Å². The molecule has 1 nitrogen and oxygen atoms in total. The van der Waals surface area contributed by atoms with Crippen molar-refractivity contribution in [3.63, 3.8) is 0 Å². The lowest BCUT2D eigenvalue weighted by Gasteiger charge is -2.19. The summed E-state index contributed by atoms with van der Waals surface area (Å²) in [5.74, 6) is -5.97. The van der Waals surface area contributed by atoms with Gasteiger partial charge in [0.25, 0.3) is 6.17 Å². The van der Waals surface area contributed by atoms with Gasteiger partial charge in [-0.25, -0.2) is 4.39 Å². The van der Waals surface area contributed by atoms with E-state index in [1.165, 1.54) is 0 Å². The highest BCUT2D eigenvalue weighted by molar-refractivity contribution is 5.74. The molecule has 0 aliphatic carbocycles. The minimum Gasteiger partial charge on any atom is -0.257 e. The Morgan fingerprint density at radius 2 is 1.42 bits per heavy atom. The predicted molar refractivity (Wildman–Crippen MR) is 22.0 cm³/mol. The maximum absolute atomic E-state index is 11.6. The first-order valence-electron chi connectivity index (χ1n) is 2.38. The number of hydrogen-bond donors (Lipinski definition) is 0. The summed E-state index contributed by atoms with van der Waals surface area (Å²) in [5, 5.41) is 0. The first-order valence-corrected chi connectivity index (χ1v) is 2.38. The van der Waals surface area contributed by atoms with Crippen molar-refractivity contribution >= 4 is 6.04 Å². The summed E-state index contributed by atoms with van der Waals surface area (Å²) >= 11 is 0. The molecule has 0 amide bonds. The van der Waals surface area contributed by atoms with Crippen molar-refractivity contribution in [1.82, 2.24) is 0 Å². The molecule has 0 spiro atoms. The molecule has 0 rings (SSSR count). The Balaban J connectivity index is 4.73. The van der Waals surface area contributed by atoms with E-state index in [0.717, 1.165) is 0 Å². The second-order valence-corrected chi connectivity index (χ2v) is 1.79. The summed E-state index contributed by atoms with van der Waals surface area (Å²) < 4.78 is 79.4. The summed E-state index contributed by atoms with van der Waals surface area (Å²) in [6.07, 6.45) is -10.8. The molecule has 0 aliphatic rings. The maximum Gasteiger partial charge on any atom is 0.457 e. The monoisotopic (exact) mass is 198 g/mol. The first kappa shape index (κ1) is 11.2. The van der Waals surface area contributed by atoms with E-state index in [9.17, 15) is 35.5 Å². The van der Waals surface area contributed by atoms with Crippen molar-refractivity contribution < 1.29 is 35.5 Å². The number of carbonyl (C=O) groups excluding carboxylic acids is 1. The Kier molecular flexibility index (Phi) is 2.71. The summed E-state index contributed by atoms with van der Waals surface area (Å²) in [5.41, 5.74) is 0. The van der Waals surface area contributed by atoms with Gasteiger partial charge < -0.3 is 0 Å². The molecule has 72 valence electrons. The lowest BCUT2D eigenvalue weighted by Crippen LogP contribution is -2.47. The van der Waals surface area contributed by atoms with Gasteiger partial charge in [0.05, 0.1) is 0 Å². The Morgan fingerprint density at radius 1 is 1.08 bits per heavy atom. The lowest BCUT2D eigenvalue weighted by molar-refractivity contribution is -0.300. The van der Waals surface area contributed by atoms with Crippen LogP contribution in [0.15, 0.2) is 0 Å². The third-order valence-electron chi connectivity index (χ3n) is 0.896. The fraction of sp³-hybridized carbons (Fsp3) is 0.750. The van der Waals surface area contributed by atoms with Gasteiger partial charge in [0.15, 0.2) is 0 Å². The average molecular weight is 198 g/mol. The standard InChI is InChI=1S/C4HF7O/c5-1(2(6)12)3(7,8)4(9,10)11/h1H. The Labute approximate surface area is 61.2 Å². The highest BCUT2D eigenvalue weighted by Gasteiger charge is 2.65. The number of halogens is 7. The van der Waals surface area contributed by atoms with Gasteiger partial charge in [-0.05, 0) is 0 Å². The molecule has 0 saturated heterocycles. The summed E-state index contributed by atoms with van der Waals surface area (Å²) in [4.78, 5) is 9.22. The zero-order valence-electron chi connectivity index (χ0n) is 5.13. The maximum atomic E-state index is 11.6. The van der Waals surface area contributed by atoms with Crippen LogP contribution in [0.4, 0.5) is 30.7 Å². The quantitative estimate of drug-likeness (QED) is 0.490. The van der Waals surface area contributed by atoms with E-state index in [-0.39, 0.29) is 0 Å². The second-order valence-electron chi connectivity index (χ2n) is 1.79. The first-order chi connectivity index (χ1) is 5.10. The molecular weight excluding hydrogens is 197 g/mol. The zero-order valence-corrected chi connectivity index (χ0v) is 5.13. The Hall–Kier alpha value is -0.820.